The van der Waals surface area contributed by atoms with E-state index in [9.17, 15) is 18.0 Å². The molecule has 0 bridgehead atoms. The Morgan fingerprint density at radius 2 is 1.70 bits per heavy atom. The molecule has 0 unspecified atom stereocenters. The molecule has 2 aromatic carbocycles. The van der Waals surface area contributed by atoms with Crippen LogP contribution in [0.1, 0.15) is 34.2 Å². The van der Waals surface area contributed by atoms with Crippen molar-refractivity contribution in [3.63, 3.8) is 0 Å². The van der Waals surface area contributed by atoms with Gasteiger partial charge in [-0.1, -0.05) is 18.2 Å². The fourth-order valence-electron chi connectivity index (χ4n) is 3.59. The minimum absolute atomic E-state index is 0.194. The van der Waals surface area contributed by atoms with Crippen molar-refractivity contribution in [2.24, 2.45) is 0 Å². The van der Waals surface area contributed by atoms with Gasteiger partial charge in [-0.3, -0.25) is 13.9 Å². The second-order valence-corrected chi connectivity index (χ2v) is 9.74. The molecule has 33 heavy (non-hydrogen) atoms. The standard InChI is InChI=1S/C24H27N3O5S/c1-16-12-17(2)14-19(13-16)27(33(4,30)31)18(3)23(28)26-22-10-6-5-9-21(22)24(29)25-15-20-8-7-11-32-20/h5-14,18H,15H2,1-4H3,(H,25,29)(H,26,28)/t18-/m1/s1. The quantitative estimate of drug-likeness (QED) is 0.524. The van der Waals surface area contributed by atoms with E-state index in [2.05, 4.69) is 10.6 Å². The predicted octanol–water partition coefficient (Wildman–Crippen LogP) is 3.62. The van der Waals surface area contributed by atoms with E-state index in [0.717, 1.165) is 21.7 Å². The molecule has 2 amide bonds. The fraction of sp³-hybridized carbons (Fsp3) is 0.250. The lowest BCUT2D eigenvalue weighted by molar-refractivity contribution is -0.116. The first-order valence-corrected chi connectivity index (χ1v) is 12.2. The van der Waals surface area contributed by atoms with Crippen LogP contribution >= 0.6 is 0 Å². The highest BCUT2D eigenvalue weighted by Crippen LogP contribution is 2.25. The van der Waals surface area contributed by atoms with Gasteiger partial charge >= 0.3 is 0 Å². The second-order valence-electron chi connectivity index (χ2n) is 7.88. The summed E-state index contributed by atoms with van der Waals surface area (Å²) in [6, 6.07) is 14.3. The van der Waals surface area contributed by atoms with Crippen molar-refractivity contribution in [2.75, 3.05) is 15.9 Å². The molecule has 174 valence electrons. The van der Waals surface area contributed by atoms with E-state index in [1.807, 2.05) is 19.9 Å². The Kier molecular flexibility index (Phi) is 7.23. The lowest BCUT2D eigenvalue weighted by atomic mass is 10.1. The molecule has 1 heterocycles. The van der Waals surface area contributed by atoms with Crippen LogP contribution in [0.4, 0.5) is 11.4 Å². The number of nitrogens with zero attached hydrogens (tertiary/aromatic N) is 1. The molecular formula is C24H27N3O5S. The van der Waals surface area contributed by atoms with Crippen LogP contribution in [0, 0.1) is 13.8 Å². The molecule has 9 heteroatoms. The van der Waals surface area contributed by atoms with Crippen LogP contribution in [0.25, 0.3) is 0 Å². The molecule has 0 saturated heterocycles. The zero-order valence-corrected chi connectivity index (χ0v) is 19.8. The largest absolute Gasteiger partial charge is 0.467 e. The molecule has 1 aromatic heterocycles. The van der Waals surface area contributed by atoms with Crippen molar-refractivity contribution in [3.05, 3.63) is 83.3 Å². The van der Waals surface area contributed by atoms with Crippen molar-refractivity contribution < 1.29 is 22.4 Å². The summed E-state index contributed by atoms with van der Waals surface area (Å²) in [6.07, 6.45) is 2.57. The minimum atomic E-state index is -3.77. The maximum Gasteiger partial charge on any atom is 0.253 e. The Balaban J connectivity index is 1.83. The van der Waals surface area contributed by atoms with Crippen LogP contribution in [0.15, 0.2) is 65.3 Å². The van der Waals surface area contributed by atoms with Gasteiger partial charge in [0, 0.05) is 0 Å². The number of nitrogens with one attached hydrogen (secondary N) is 2. The van der Waals surface area contributed by atoms with Gasteiger partial charge in [0.05, 0.1) is 36.0 Å². The van der Waals surface area contributed by atoms with Crippen molar-refractivity contribution >= 4 is 33.2 Å². The topological polar surface area (TPSA) is 109 Å². The summed E-state index contributed by atoms with van der Waals surface area (Å²) in [5, 5.41) is 5.45. The summed E-state index contributed by atoms with van der Waals surface area (Å²) in [7, 11) is -3.77. The number of aryl methyl sites for hydroxylation is 2. The van der Waals surface area contributed by atoms with Gasteiger partial charge in [0.2, 0.25) is 15.9 Å². The molecule has 0 radical (unpaired) electrons. The number of amides is 2. The highest BCUT2D eigenvalue weighted by Gasteiger charge is 2.30. The van der Waals surface area contributed by atoms with Crippen molar-refractivity contribution in [1.29, 1.82) is 0 Å². The number of furan rings is 1. The molecule has 0 fully saturated rings. The van der Waals surface area contributed by atoms with Gasteiger partial charge in [-0.2, -0.15) is 0 Å². The number of para-hydroxylation sites is 1. The number of anilines is 2. The van der Waals surface area contributed by atoms with Gasteiger partial charge in [0.15, 0.2) is 0 Å². The number of hydrogen-bond acceptors (Lipinski definition) is 5. The van der Waals surface area contributed by atoms with E-state index >= 15 is 0 Å². The molecule has 0 aliphatic carbocycles. The van der Waals surface area contributed by atoms with Crippen LogP contribution in [-0.4, -0.2) is 32.5 Å². The molecule has 0 aliphatic rings. The SMILES string of the molecule is Cc1cc(C)cc(N([C@H](C)C(=O)Nc2ccccc2C(=O)NCc2ccco2)S(C)(=O)=O)c1. The first-order chi connectivity index (χ1) is 15.6. The average Bonchev–Trinajstić information content (AvgIpc) is 3.24. The van der Waals surface area contributed by atoms with Gasteiger partial charge in [-0.15, -0.1) is 0 Å². The molecule has 0 saturated carbocycles. The van der Waals surface area contributed by atoms with Gasteiger partial charge in [-0.05, 0) is 68.3 Å². The maximum atomic E-state index is 13.1. The Morgan fingerprint density at radius 1 is 1.03 bits per heavy atom. The summed E-state index contributed by atoms with van der Waals surface area (Å²) in [5.74, 6) is -0.370. The van der Waals surface area contributed by atoms with Gasteiger partial charge in [0.1, 0.15) is 11.8 Å². The Bertz CT molecular complexity index is 1230. The molecule has 0 spiro atoms. The summed E-state index contributed by atoms with van der Waals surface area (Å²) in [5.41, 5.74) is 2.69. The highest BCUT2D eigenvalue weighted by molar-refractivity contribution is 7.92. The first kappa shape index (κ1) is 24.1. The minimum Gasteiger partial charge on any atom is -0.467 e. The van der Waals surface area contributed by atoms with Gasteiger partial charge < -0.3 is 15.1 Å². The third kappa shape index (κ3) is 6.01. The average molecular weight is 470 g/mol. The molecule has 3 aromatic rings. The molecule has 3 rings (SSSR count). The molecular weight excluding hydrogens is 442 g/mol. The summed E-state index contributed by atoms with van der Waals surface area (Å²) >= 11 is 0. The van der Waals surface area contributed by atoms with E-state index < -0.39 is 27.9 Å². The Labute approximate surface area is 193 Å². The zero-order valence-electron chi connectivity index (χ0n) is 19.0. The predicted molar refractivity (Wildman–Crippen MR) is 128 cm³/mol. The summed E-state index contributed by atoms with van der Waals surface area (Å²) in [6.45, 7) is 5.42. The fourth-order valence-corrected chi connectivity index (χ4v) is 4.75. The number of sulfonamides is 1. The number of carbonyl (C=O) groups is 2. The first-order valence-electron chi connectivity index (χ1n) is 10.3. The van der Waals surface area contributed by atoms with Crippen LogP contribution in [-0.2, 0) is 21.4 Å². The van der Waals surface area contributed by atoms with E-state index in [4.69, 9.17) is 4.42 Å². The lowest BCUT2D eigenvalue weighted by Gasteiger charge is -2.29. The second kappa shape index (κ2) is 9.91. The Morgan fingerprint density at radius 3 is 2.30 bits per heavy atom. The van der Waals surface area contributed by atoms with E-state index in [1.54, 1.807) is 48.5 Å². The van der Waals surface area contributed by atoms with Crippen molar-refractivity contribution in [2.45, 2.75) is 33.4 Å². The molecule has 2 N–H and O–H groups in total. The van der Waals surface area contributed by atoms with Gasteiger partial charge in [-0.25, -0.2) is 8.42 Å². The smallest absolute Gasteiger partial charge is 0.253 e. The van der Waals surface area contributed by atoms with Crippen LogP contribution in [0.3, 0.4) is 0 Å². The van der Waals surface area contributed by atoms with E-state index in [0.29, 0.717) is 11.4 Å². The lowest BCUT2D eigenvalue weighted by Crippen LogP contribution is -2.45. The monoisotopic (exact) mass is 469 g/mol. The number of rotatable bonds is 8. The van der Waals surface area contributed by atoms with E-state index in [1.165, 1.54) is 13.2 Å². The van der Waals surface area contributed by atoms with Crippen LogP contribution in [0.2, 0.25) is 0 Å². The summed E-state index contributed by atoms with van der Waals surface area (Å²) in [4.78, 5) is 25.8. The molecule has 0 aliphatic heterocycles. The van der Waals surface area contributed by atoms with Crippen molar-refractivity contribution in [1.82, 2.24) is 5.32 Å². The summed E-state index contributed by atoms with van der Waals surface area (Å²) < 4.78 is 31.5. The van der Waals surface area contributed by atoms with Crippen molar-refractivity contribution in [3.8, 4) is 0 Å². The number of carbonyl (C=O) groups excluding carboxylic acids is 2. The zero-order chi connectivity index (χ0) is 24.2. The van der Waals surface area contributed by atoms with Gasteiger partial charge in [0.25, 0.3) is 5.91 Å². The Hall–Kier alpha value is -3.59. The number of benzene rings is 2. The molecule has 8 nitrogen and oxygen atoms in total. The number of hydrogen-bond donors (Lipinski definition) is 2. The third-order valence-electron chi connectivity index (χ3n) is 4.98. The normalized spacial score (nSPS) is 12.1. The molecule has 1 atom stereocenters. The highest BCUT2D eigenvalue weighted by atomic mass is 32.2. The maximum absolute atomic E-state index is 13.1. The van der Waals surface area contributed by atoms with E-state index in [-0.39, 0.29) is 17.8 Å². The third-order valence-corrected chi connectivity index (χ3v) is 6.22. The van der Waals surface area contributed by atoms with Crippen LogP contribution < -0.4 is 14.9 Å². The van der Waals surface area contributed by atoms with Crippen LogP contribution in [0.5, 0.6) is 0 Å².